The van der Waals surface area contributed by atoms with Crippen molar-refractivity contribution in [2.75, 3.05) is 26.7 Å². The van der Waals surface area contributed by atoms with E-state index in [0.29, 0.717) is 22.9 Å². The molecule has 5 amide bonds. The van der Waals surface area contributed by atoms with Gasteiger partial charge in [0.2, 0.25) is 5.91 Å². The van der Waals surface area contributed by atoms with Crippen LogP contribution in [-0.2, 0) is 19.1 Å². The lowest BCUT2D eigenvalue weighted by Gasteiger charge is -2.35. The van der Waals surface area contributed by atoms with Gasteiger partial charge in [0.15, 0.2) is 0 Å². The third-order valence-electron chi connectivity index (χ3n) is 3.32. The van der Waals surface area contributed by atoms with Crippen molar-refractivity contribution in [1.82, 2.24) is 14.7 Å². The van der Waals surface area contributed by atoms with Crippen LogP contribution < -0.4 is 0 Å². The molecule has 20 heavy (non-hydrogen) atoms. The molecule has 2 heterocycles. The summed E-state index contributed by atoms with van der Waals surface area (Å²) in [6, 6.07) is -0.761. The number of nitrogens with zero attached hydrogens (tertiary/aromatic N) is 3. The fourth-order valence-electron chi connectivity index (χ4n) is 2.37. The fraction of sp³-hybridized carbons (Fsp3) is 0.667. The lowest BCUT2D eigenvalue weighted by atomic mass is 10.2. The summed E-state index contributed by atoms with van der Waals surface area (Å²) in [5.41, 5.74) is 0. The van der Waals surface area contributed by atoms with Crippen molar-refractivity contribution < 1.29 is 23.9 Å². The van der Waals surface area contributed by atoms with Crippen molar-refractivity contribution in [2.24, 2.45) is 0 Å². The second-order valence-electron chi connectivity index (χ2n) is 5.09. The van der Waals surface area contributed by atoms with E-state index in [-0.39, 0.29) is 18.1 Å². The van der Waals surface area contributed by atoms with Crippen molar-refractivity contribution >= 4 is 23.8 Å². The highest BCUT2D eigenvalue weighted by molar-refractivity contribution is 6.44. The van der Waals surface area contributed by atoms with E-state index >= 15 is 0 Å². The highest BCUT2D eigenvalue weighted by Crippen LogP contribution is 2.13. The van der Waals surface area contributed by atoms with Crippen LogP contribution in [0, 0.1) is 0 Å². The molecular formula is C12H17N3O5. The molecule has 0 radical (unpaired) electrons. The zero-order valence-corrected chi connectivity index (χ0v) is 11.7. The summed E-state index contributed by atoms with van der Waals surface area (Å²) in [6.45, 7) is 4.10. The highest BCUT2D eigenvalue weighted by atomic mass is 16.5. The summed E-state index contributed by atoms with van der Waals surface area (Å²) < 4.78 is 5.51. The number of carbonyl (C=O) groups is 4. The first kappa shape index (κ1) is 14.4. The van der Waals surface area contributed by atoms with E-state index in [0.717, 1.165) is 0 Å². The summed E-state index contributed by atoms with van der Waals surface area (Å²) in [5, 5.41) is 0. The van der Waals surface area contributed by atoms with Gasteiger partial charge in [0.1, 0.15) is 6.54 Å². The van der Waals surface area contributed by atoms with Gasteiger partial charge in [-0.25, -0.2) is 9.69 Å². The molecule has 0 aromatic heterocycles. The molecule has 8 heteroatoms. The molecule has 0 aromatic rings. The van der Waals surface area contributed by atoms with Crippen molar-refractivity contribution in [3.63, 3.8) is 0 Å². The monoisotopic (exact) mass is 283 g/mol. The van der Waals surface area contributed by atoms with Gasteiger partial charge in [0.25, 0.3) is 0 Å². The van der Waals surface area contributed by atoms with Gasteiger partial charge in [-0.1, -0.05) is 0 Å². The molecule has 2 fully saturated rings. The number of urea groups is 1. The molecule has 2 saturated heterocycles. The molecule has 8 nitrogen and oxygen atoms in total. The molecule has 0 aliphatic carbocycles. The molecule has 2 aliphatic rings. The summed E-state index contributed by atoms with van der Waals surface area (Å²) in [6.07, 6.45) is -0.200. The Labute approximate surface area is 116 Å². The maximum atomic E-state index is 12.1. The number of imide groups is 2. The van der Waals surface area contributed by atoms with Gasteiger partial charge in [0.05, 0.1) is 12.2 Å². The fourth-order valence-corrected chi connectivity index (χ4v) is 2.37. The van der Waals surface area contributed by atoms with Crippen molar-refractivity contribution in [1.29, 1.82) is 0 Å². The molecule has 2 rings (SSSR count). The van der Waals surface area contributed by atoms with E-state index < -0.39 is 24.4 Å². The molecule has 110 valence electrons. The topological polar surface area (TPSA) is 87.2 Å². The van der Waals surface area contributed by atoms with E-state index in [1.54, 1.807) is 4.90 Å². The third kappa shape index (κ3) is 2.51. The number of likely N-dealkylation sites (N-methyl/N-ethyl adjacent to an activating group) is 1. The Hall–Kier alpha value is -1.96. The summed E-state index contributed by atoms with van der Waals surface area (Å²) in [5.74, 6) is -2.23. The quantitative estimate of drug-likeness (QED) is 0.481. The van der Waals surface area contributed by atoms with E-state index in [2.05, 4.69) is 0 Å². The van der Waals surface area contributed by atoms with Crippen molar-refractivity contribution in [3.05, 3.63) is 0 Å². The van der Waals surface area contributed by atoms with Crippen LogP contribution in [0.5, 0.6) is 0 Å². The van der Waals surface area contributed by atoms with Gasteiger partial charge in [-0.2, -0.15) is 0 Å². The van der Waals surface area contributed by atoms with Crippen LogP contribution in [0.1, 0.15) is 13.8 Å². The van der Waals surface area contributed by atoms with Gasteiger partial charge < -0.3 is 9.64 Å². The zero-order chi connectivity index (χ0) is 15.0. The molecule has 0 N–H and O–H groups in total. The minimum Gasteiger partial charge on any atom is -0.372 e. The number of hydrogen-bond donors (Lipinski definition) is 0. The molecular weight excluding hydrogens is 266 g/mol. The van der Waals surface area contributed by atoms with Crippen LogP contribution >= 0.6 is 0 Å². The molecule has 2 atom stereocenters. The first-order valence-corrected chi connectivity index (χ1v) is 6.38. The SMILES string of the molecule is C[C@@H]1CN(C(=O)CN2C(=O)C(=O)N(C)C2=O)C[C@@H](C)O1. The predicted octanol–water partition coefficient (Wildman–Crippen LogP) is -0.957. The standard InChI is InChI=1S/C12H17N3O5/c1-7-4-14(5-8(2)20-7)9(16)6-15-11(18)10(17)13(3)12(15)19/h7-8H,4-6H2,1-3H3/t7-,8-/m1/s1. The number of rotatable bonds is 2. The minimum absolute atomic E-state index is 0.100. The summed E-state index contributed by atoms with van der Waals surface area (Å²) in [7, 11) is 1.21. The van der Waals surface area contributed by atoms with Crippen LogP contribution in [0.3, 0.4) is 0 Å². The lowest BCUT2D eigenvalue weighted by Crippen LogP contribution is -2.51. The number of hydrogen-bond acceptors (Lipinski definition) is 5. The lowest BCUT2D eigenvalue weighted by molar-refractivity contribution is -0.148. The summed E-state index contributed by atoms with van der Waals surface area (Å²) >= 11 is 0. The Balaban J connectivity index is 2.03. The largest absolute Gasteiger partial charge is 0.372 e. The Kier molecular flexibility index (Phi) is 3.76. The summed E-state index contributed by atoms with van der Waals surface area (Å²) in [4.78, 5) is 49.7. The second kappa shape index (κ2) is 5.20. The first-order chi connectivity index (χ1) is 9.31. The van der Waals surface area contributed by atoms with E-state index in [9.17, 15) is 19.2 Å². The molecule has 0 aromatic carbocycles. The van der Waals surface area contributed by atoms with Crippen LogP contribution in [0.25, 0.3) is 0 Å². The van der Waals surface area contributed by atoms with E-state index in [4.69, 9.17) is 4.74 Å². The maximum Gasteiger partial charge on any atom is 0.334 e. The first-order valence-electron chi connectivity index (χ1n) is 6.38. The van der Waals surface area contributed by atoms with E-state index in [1.807, 2.05) is 13.8 Å². The molecule has 0 spiro atoms. The Bertz CT molecular complexity index is 468. The van der Waals surface area contributed by atoms with Gasteiger partial charge in [-0.3, -0.25) is 19.3 Å². The Morgan fingerprint density at radius 2 is 1.70 bits per heavy atom. The highest BCUT2D eigenvalue weighted by Gasteiger charge is 2.43. The minimum atomic E-state index is -0.958. The molecule has 0 saturated carbocycles. The van der Waals surface area contributed by atoms with E-state index in [1.165, 1.54) is 7.05 Å². The Morgan fingerprint density at radius 1 is 1.15 bits per heavy atom. The smallest absolute Gasteiger partial charge is 0.334 e. The third-order valence-corrected chi connectivity index (χ3v) is 3.32. The zero-order valence-electron chi connectivity index (χ0n) is 11.7. The van der Waals surface area contributed by atoms with Crippen LogP contribution in [-0.4, -0.2) is 77.3 Å². The average Bonchev–Trinajstić information content (AvgIpc) is 2.55. The van der Waals surface area contributed by atoms with Crippen LogP contribution in [0.2, 0.25) is 0 Å². The average molecular weight is 283 g/mol. The number of amides is 5. The number of carbonyl (C=O) groups excluding carboxylic acids is 4. The van der Waals surface area contributed by atoms with Gasteiger partial charge in [-0.05, 0) is 13.8 Å². The van der Waals surface area contributed by atoms with Gasteiger partial charge >= 0.3 is 17.8 Å². The van der Waals surface area contributed by atoms with Crippen LogP contribution in [0.4, 0.5) is 4.79 Å². The number of morpholine rings is 1. The maximum absolute atomic E-state index is 12.1. The molecule has 0 bridgehead atoms. The predicted molar refractivity (Wildman–Crippen MR) is 66.5 cm³/mol. The number of ether oxygens (including phenoxy) is 1. The molecule has 2 aliphatic heterocycles. The van der Waals surface area contributed by atoms with Gasteiger partial charge in [0, 0.05) is 20.1 Å². The molecule has 0 unspecified atom stereocenters. The normalized spacial score (nSPS) is 27.6. The van der Waals surface area contributed by atoms with Crippen LogP contribution in [0.15, 0.2) is 0 Å². The Morgan fingerprint density at radius 3 is 2.15 bits per heavy atom. The second-order valence-corrected chi connectivity index (χ2v) is 5.09. The van der Waals surface area contributed by atoms with Gasteiger partial charge in [-0.15, -0.1) is 0 Å². The van der Waals surface area contributed by atoms with Crippen molar-refractivity contribution in [2.45, 2.75) is 26.1 Å². The van der Waals surface area contributed by atoms with Crippen molar-refractivity contribution in [3.8, 4) is 0 Å².